The third kappa shape index (κ3) is 4.01. The van der Waals surface area contributed by atoms with Crippen LogP contribution in [0, 0.1) is 11.6 Å². The van der Waals surface area contributed by atoms with Gasteiger partial charge in [-0.3, -0.25) is 4.79 Å². The van der Waals surface area contributed by atoms with Gasteiger partial charge in [0.1, 0.15) is 5.75 Å². The predicted molar refractivity (Wildman–Crippen MR) is 77.8 cm³/mol. The summed E-state index contributed by atoms with van der Waals surface area (Å²) in [5.41, 5.74) is 0.703. The minimum absolute atomic E-state index is 0.0417. The number of carbonyl (C=O) groups is 1. The summed E-state index contributed by atoms with van der Waals surface area (Å²) in [5, 5.41) is 0. The maximum absolute atomic E-state index is 13.3. The van der Waals surface area contributed by atoms with Gasteiger partial charge in [0.2, 0.25) is 15.9 Å². The van der Waals surface area contributed by atoms with Crippen molar-refractivity contribution in [2.24, 2.45) is 0 Å². The molecule has 8 heteroatoms. The maximum atomic E-state index is 13.3. The molecule has 1 heterocycles. The second kappa shape index (κ2) is 6.70. The first kappa shape index (κ1) is 16.8. The lowest BCUT2D eigenvalue weighted by Crippen LogP contribution is -2.42. The molecule has 0 atom stereocenters. The van der Waals surface area contributed by atoms with Crippen LogP contribution in [0.5, 0.6) is 0 Å². The summed E-state index contributed by atoms with van der Waals surface area (Å²) in [6, 6.07) is 3.83. The Bertz CT molecular complexity index is 656. The minimum atomic E-state index is -3.58. The predicted octanol–water partition coefficient (Wildman–Crippen LogP) is 1.22. The number of carbonyl (C=O) groups excluding carboxylic acids is 1. The zero-order valence-corrected chi connectivity index (χ0v) is 13.0. The fourth-order valence-corrected chi connectivity index (χ4v) is 3.21. The van der Waals surface area contributed by atoms with Gasteiger partial charge in [-0.15, -0.1) is 0 Å². The van der Waals surface area contributed by atoms with Crippen molar-refractivity contribution in [3.05, 3.63) is 35.4 Å². The second-order valence-corrected chi connectivity index (χ2v) is 7.22. The van der Waals surface area contributed by atoms with Crippen molar-refractivity contribution >= 4 is 15.9 Å². The average Bonchev–Trinajstić information content (AvgIpc) is 2.50. The number of nitrogens with one attached hydrogen (secondary N) is 1. The average molecular weight is 332 g/mol. The highest BCUT2D eigenvalue weighted by Gasteiger charge is 2.26. The Balaban J connectivity index is 1.95. The summed E-state index contributed by atoms with van der Waals surface area (Å²) in [6.45, 7) is 0.809. The van der Waals surface area contributed by atoms with Crippen LogP contribution >= 0.6 is 0 Å². The number of nitrogens with zero attached hydrogens (tertiary/aromatic N) is 1. The Hall–Kier alpha value is -1.54. The summed E-state index contributed by atoms with van der Waals surface area (Å²) in [7, 11) is -2.31. The molecule has 0 spiro atoms. The van der Waals surface area contributed by atoms with Crippen molar-refractivity contribution in [1.82, 2.24) is 9.62 Å². The number of halogens is 2. The van der Waals surface area contributed by atoms with Crippen LogP contribution in [0.2, 0.25) is 0 Å². The molecule has 22 heavy (non-hydrogen) atoms. The third-order valence-corrected chi connectivity index (χ3v) is 5.14. The Kier molecular flexibility index (Phi) is 5.12. The molecule has 1 amide bonds. The number of likely N-dealkylation sites (tertiary alicyclic amines) is 1. The molecule has 5 nitrogen and oxygen atoms in total. The molecule has 1 aliphatic rings. The van der Waals surface area contributed by atoms with Crippen molar-refractivity contribution in [1.29, 1.82) is 0 Å². The van der Waals surface area contributed by atoms with E-state index in [0.29, 0.717) is 31.5 Å². The number of sulfonamides is 1. The van der Waals surface area contributed by atoms with Crippen LogP contribution in [0.3, 0.4) is 0 Å². The van der Waals surface area contributed by atoms with Gasteiger partial charge in [-0.2, -0.15) is 0 Å². The molecular formula is C14H18F2N2O3S. The Labute approximate surface area is 128 Å². The van der Waals surface area contributed by atoms with Crippen LogP contribution in [-0.4, -0.2) is 45.1 Å². The lowest BCUT2D eigenvalue weighted by Gasteiger charge is -2.32. The molecule has 0 unspecified atom stereocenters. The van der Waals surface area contributed by atoms with Crippen molar-refractivity contribution < 1.29 is 22.0 Å². The molecule has 2 rings (SSSR count). The Morgan fingerprint density at radius 2 is 1.91 bits per heavy atom. The van der Waals surface area contributed by atoms with Gasteiger partial charge in [-0.1, -0.05) is 6.07 Å². The molecule has 1 aromatic rings. The normalized spacial score (nSPS) is 16.8. The second-order valence-electron chi connectivity index (χ2n) is 5.29. The van der Waals surface area contributed by atoms with Gasteiger partial charge in [-0.05, 0) is 43.5 Å². The highest BCUT2D eigenvalue weighted by molar-refractivity contribution is 7.90. The molecule has 1 saturated heterocycles. The lowest BCUT2D eigenvalue weighted by molar-refractivity contribution is -0.129. The van der Waals surface area contributed by atoms with Crippen LogP contribution < -0.4 is 4.72 Å². The number of hydrogen-bond donors (Lipinski definition) is 1. The van der Waals surface area contributed by atoms with E-state index in [0.717, 1.165) is 6.07 Å². The molecule has 122 valence electrons. The van der Waals surface area contributed by atoms with Crippen LogP contribution in [0.25, 0.3) is 0 Å². The van der Waals surface area contributed by atoms with E-state index in [4.69, 9.17) is 0 Å². The molecular weight excluding hydrogens is 314 g/mol. The van der Waals surface area contributed by atoms with Gasteiger partial charge in [0.05, 0.1) is 0 Å². The van der Waals surface area contributed by atoms with Gasteiger partial charge in [-0.25, -0.2) is 21.9 Å². The highest BCUT2D eigenvalue weighted by atomic mass is 32.2. The topological polar surface area (TPSA) is 66.5 Å². The number of rotatable bonds is 4. The monoisotopic (exact) mass is 332 g/mol. The summed E-state index contributed by atoms with van der Waals surface area (Å²) in [4.78, 5) is 13.4. The van der Waals surface area contributed by atoms with Gasteiger partial charge in [0.25, 0.3) is 0 Å². The Morgan fingerprint density at radius 1 is 1.27 bits per heavy atom. The van der Waals surface area contributed by atoms with E-state index >= 15 is 0 Å². The fraction of sp³-hybridized carbons (Fsp3) is 0.500. The smallest absolute Gasteiger partial charge is 0.239 e. The quantitative estimate of drug-likeness (QED) is 0.901. The molecule has 1 aliphatic heterocycles. The van der Waals surface area contributed by atoms with Crippen molar-refractivity contribution in [2.45, 2.75) is 18.8 Å². The van der Waals surface area contributed by atoms with Crippen LogP contribution in [-0.2, 0) is 14.8 Å². The number of amides is 1. The zero-order valence-electron chi connectivity index (χ0n) is 12.2. The molecule has 1 N–H and O–H groups in total. The molecule has 0 saturated carbocycles. The molecule has 0 aliphatic carbocycles. The standard InChI is InChI=1S/C14H18F2N2O3S/c1-17-22(20,21)9-14(19)18-6-4-10(5-7-18)11-2-3-12(15)13(16)8-11/h2-3,8,10,17H,4-7,9H2,1H3. The van der Waals surface area contributed by atoms with E-state index in [-0.39, 0.29) is 5.92 Å². The van der Waals surface area contributed by atoms with Crippen molar-refractivity contribution in [3.63, 3.8) is 0 Å². The summed E-state index contributed by atoms with van der Waals surface area (Å²) in [5.74, 6) is -2.73. The van der Waals surface area contributed by atoms with Gasteiger partial charge < -0.3 is 4.90 Å². The molecule has 0 radical (unpaired) electrons. The maximum Gasteiger partial charge on any atom is 0.239 e. The highest BCUT2D eigenvalue weighted by Crippen LogP contribution is 2.29. The van der Waals surface area contributed by atoms with E-state index in [1.54, 1.807) is 6.07 Å². The third-order valence-electron chi connectivity index (χ3n) is 3.89. The summed E-state index contributed by atoms with van der Waals surface area (Å²) < 4.78 is 51.0. The van der Waals surface area contributed by atoms with Crippen molar-refractivity contribution in [3.8, 4) is 0 Å². The first-order valence-corrected chi connectivity index (χ1v) is 8.61. The number of hydrogen-bond acceptors (Lipinski definition) is 3. The van der Waals surface area contributed by atoms with E-state index in [2.05, 4.69) is 4.72 Å². The van der Waals surface area contributed by atoms with Gasteiger partial charge >= 0.3 is 0 Å². The van der Waals surface area contributed by atoms with Crippen LogP contribution in [0.1, 0.15) is 24.3 Å². The fourth-order valence-electron chi connectivity index (χ4n) is 2.55. The lowest BCUT2D eigenvalue weighted by atomic mass is 9.89. The molecule has 1 fully saturated rings. The molecule has 0 aromatic heterocycles. The van der Waals surface area contributed by atoms with Crippen LogP contribution in [0.15, 0.2) is 18.2 Å². The molecule has 1 aromatic carbocycles. The summed E-state index contributed by atoms with van der Waals surface area (Å²) >= 11 is 0. The van der Waals surface area contributed by atoms with E-state index in [9.17, 15) is 22.0 Å². The van der Waals surface area contributed by atoms with Crippen LogP contribution in [0.4, 0.5) is 8.78 Å². The minimum Gasteiger partial charge on any atom is -0.342 e. The Morgan fingerprint density at radius 3 is 2.45 bits per heavy atom. The van der Waals surface area contributed by atoms with Gasteiger partial charge in [0, 0.05) is 13.1 Å². The largest absolute Gasteiger partial charge is 0.342 e. The zero-order chi connectivity index (χ0) is 16.3. The first-order valence-electron chi connectivity index (χ1n) is 6.96. The first-order chi connectivity index (χ1) is 10.3. The van der Waals surface area contributed by atoms with Gasteiger partial charge in [0.15, 0.2) is 11.6 Å². The van der Waals surface area contributed by atoms with E-state index in [1.165, 1.54) is 18.0 Å². The van der Waals surface area contributed by atoms with Crippen molar-refractivity contribution in [2.75, 3.05) is 25.9 Å². The number of piperidine rings is 1. The summed E-state index contributed by atoms with van der Waals surface area (Å²) in [6.07, 6.45) is 1.19. The number of benzene rings is 1. The van der Waals surface area contributed by atoms with E-state index in [1.807, 2.05) is 0 Å². The van der Waals surface area contributed by atoms with E-state index < -0.39 is 33.3 Å². The SMILES string of the molecule is CNS(=O)(=O)CC(=O)N1CCC(c2ccc(F)c(F)c2)CC1. The molecule has 0 bridgehead atoms.